The van der Waals surface area contributed by atoms with E-state index in [1.54, 1.807) is 11.1 Å². The molecule has 2 aliphatic rings. The molecule has 0 bridgehead atoms. The van der Waals surface area contributed by atoms with Crippen LogP contribution in [0.2, 0.25) is 0 Å². The molecule has 0 saturated heterocycles. The van der Waals surface area contributed by atoms with Crippen molar-refractivity contribution in [2.75, 3.05) is 13.1 Å². The molecular weight excluding hydrogens is 218 g/mol. The molecule has 1 heteroatoms. The van der Waals surface area contributed by atoms with Gasteiger partial charge in [-0.05, 0) is 56.7 Å². The lowest BCUT2D eigenvalue weighted by Crippen LogP contribution is -2.37. The molecule has 1 heterocycles. The van der Waals surface area contributed by atoms with Crippen LogP contribution in [0.15, 0.2) is 18.2 Å². The van der Waals surface area contributed by atoms with E-state index in [2.05, 4.69) is 30.0 Å². The zero-order chi connectivity index (χ0) is 12.4. The van der Waals surface area contributed by atoms with E-state index in [1.165, 1.54) is 63.6 Å². The Hall–Kier alpha value is -0.820. The minimum absolute atomic E-state index is 0.899. The highest BCUT2D eigenvalue weighted by Gasteiger charge is 2.23. The molecule has 0 radical (unpaired) electrons. The lowest BCUT2D eigenvalue weighted by atomic mass is 9.95. The van der Waals surface area contributed by atoms with E-state index >= 15 is 0 Å². The zero-order valence-corrected chi connectivity index (χ0v) is 11.6. The van der Waals surface area contributed by atoms with Crippen LogP contribution in [0.25, 0.3) is 0 Å². The molecule has 0 spiro atoms. The number of rotatable bonds is 1. The van der Waals surface area contributed by atoms with Gasteiger partial charge in [-0.3, -0.25) is 0 Å². The highest BCUT2D eigenvalue weighted by molar-refractivity contribution is 5.32. The van der Waals surface area contributed by atoms with Crippen molar-refractivity contribution in [1.82, 2.24) is 4.90 Å². The number of fused-ring (bicyclic) bond motifs is 1. The number of hydrogen-bond acceptors (Lipinski definition) is 1. The molecule has 0 aromatic heterocycles. The van der Waals surface area contributed by atoms with Gasteiger partial charge in [-0.1, -0.05) is 36.6 Å². The van der Waals surface area contributed by atoms with Gasteiger partial charge < -0.3 is 4.90 Å². The maximum absolute atomic E-state index is 2.78. The van der Waals surface area contributed by atoms with Gasteiger partial charge in [0, 0.05) is 12.6 Å². The van der Waals surface area contributed by atoms with E-state index in [1.807, 2.05) is 0 Å². The highest BCUT2D eigenvalue weighted by Crippen LogP contribution is 2.26. The molecule has 1 fully saturated rings. The second-order valence-corrected chi connectivity index (χ2v) is 6.10. The predicted molar refractivity (Wildman–Crippen MR) is 77.0 cm³/mol. The van der Waals surface area contributed by atoms with Crippen molar-refractivity contribution in [1.29, 1.82) is 0 Å². The third kappa shape index (κ3) is 2.61. The average molecular weight is 243 g/mol. The van der Waals surface area contributed by atoms with Crippen molar-refractivity contribution in [2.45, 2.75) is 57.9 Å². The molecule has 1 saturated carbocycles. The van der Waals surface area contributed by atoms with Gasteiger partial charge >= 0.3 is 0 Å². The summed E-state index contributed by atoms with van der Waals surface area (Å²) in [5.74, 6) is 0. The SMILES string of the molecule is Cc1ccc2c(c1)CCN(C1CCCC1)CCC2. The van der Waals surface area contributed by atoms with Gasteiger partial charge in [0.2, 0.25) is 0 Å². The van der Waals surface area contributed by atoms with Crippen LogP contribution in [0.4, 0.5) is 0 Å². The summed E-state index contributed by atoms with van der Waals surface area (Å²) in [5.41, 5.74) is 4.63. The van der Waals surface area contributed by atoms with Gasteiger partial charge in [0.05, 0.1) is 0 Å². The molecule has 98 valence electrons. The molecule has 0 N–H and O–H groups in total. The standard InChI is InChI=1S/C17H25N/c1-14-8-9-15-5-4-11-18(12-10-16(15)13-14)17-6-2-3-7-17/h8-9,13,17H,2-7,10-12H2,1H3. The second-order valence-electron chi connectivity index (χ2n) is 6.10. The van der Waals surface area contributed by atoms with Gasteiger partial charge in [0.1, 0.15) is 0 Å². The van der Waals surface area contributed by atoms with Gasteiger partial charge in [-0.15, -0.1) is 0 Å². The van der Waals surface area contributed by atoms with Crippen LogP contribution in [0.1, 0.15) is 48.8 Å². The van der Waals surface area contributed by atoms with Crippen molar-refractivity contribution in [3.63, 3.8) is 0 Å². The van der Waals surface area contributed by atoms with Crippen LogP contribution >= 0.6 is 0 Å². The van der Waals surface area contributed by atoms with Crippen molar-refractivity contribution in [2.24, 2.45) is 0 Å². The molecule has 1 aliphatic carbocycles. The Morgan fingerprint density at radius 3 is 2.61 bits per heavy atom. The molecule has 1 aromatic carbocycles. The summed E-state index contributed by atoms with van der Waals surface area (Å²) < 4.78 is 0. The van der Waals surface area contributed by atoms with Gasteiger partial charge in [0.15, 0.2) is 0 Å². The maximum atomic E-state index is 2.78. The van der Waals surface area contributed by atoms with Crippen molar-refractivity contribution >= 4 is 0 Å². The number of benzene rings is 1. The molecule has 1 aromatic rings. The molecule has 0 atom stereocenters. The molecule has 0 amide bonds. The Labute approximate surface area is 111 Å². The summed E-state index contributed by atoms with van der Waals surface area (Å²) in [6, 6.07) is 7.94. The number of hydrogen-bond donors (Lipinski definition) is 0. The smallest absolute Gasteiger partial charge is 0.00953 e. The summed E-state index contributed by atoms with van der Waals surface area (Å²) in [7, 11) is 0. The van der Waals surface area contributed by atoms with E-state index in [0.29, 0.717) is 0 Å². The first kappa shape index (κ1) is 12.2. The van der Waals surface area contributed by atoms with Gasteiger partial charge in [-0.25, -0.2) is 0 Å². The molecule has 1 aliphatic heterocycles. The van der Waals surface area contributed by atoms with E-state index in [9.17, 15) is 0 Å². The fourth-order valence-corrected chi connectivity index (χ4v) is 3.71. The summed E-state index contributed by atoms with van der Waals surface area (Å²) in [6.07, 6.45) is 9.67. The van der Waals surface area contributed by atoms with Crippen LogP contribution in [-0.2, 0) is 12.8 Å². The Kier molecular flexibility index (Phi) is 3.69. The molecule has 18 heavy (non-hydrogen) atoms. The van der Waals surface area contributed by atoms with E-state index in [-0.39, 0.29) is 0 Å². The van der Waals surface area contributed by atoms with Crippen molar-refractivity contribution in [3.05, 3.63) is 34.9 Å². The largest absolute Gasteiger partial charge is 0.300 e. The number of aryl methyl sites for hydroxylation is 2. The quantitative estimate of drug-likeness (QED) is 0.726. The zero-order valence-electron chi connectivity index (χ0n) is 11.6. The Bertz CT molecular complexity index is 404. The first-order valence-electron chi connectivity index (χ1n) is 7.65. The topological polar surface area (TPSA) is 3.24 Å². The normalized spacial score (nSPS) is 22.5. The van der Waals surface area contributed by atoms with E-state index < -0.39 is 0 Å². The lowest BCUT2D eigenvalue weighted by molar-refractivity contribution is 0.195. The minimum Gasteiger partial charge on any atom is -0.300 e. The Morgan fingerprint density at radius 1 is 0.944 bits per heavy atom. The summed E-state index contributed by atoms with van der Waals surface area (Å²) in [4.78, 5) is 2.78. The second kappa shape index (κ2) is 5.44. The lowest BCUT2D eigenvalue weighted by Gasteiger charge is -2.31. The Morgan fingerprint density at radius 2 is 1.78 bits per heavy atom. The fraction of sp³-hybridized carbons (Fsp3) is 0.647. The Balaban J connectivity index is 1.73. The highest BCUT2D eigenvalue weighted by atomic mass is 15.2. The average Bonchev–Trinajstić information content (AvgIpc) is 2.85. The van der Waals surface area contributed by atoms with Gasteiger partial charge in [0.25, 0.3) is 0 Å². The molecule has 3 rings (SSSR count). The molecule has 1 nitrogen and oxygen atoms in total. The van der Waals surface area contributed by atoms with Crippen molar-refractivity contribution < 1.29 is 0 Å². The summed E-state index contributed by atoms with van der Waals surface area (Å²) in [5, 5.41) is 0. The third-order valence-corrected chi connectivity index (χ3v) is 4.76. The van der Waals surface area contributed by atoms with Crippen molar-refractivity contribution in [3.8, 4) is 0 Å². The molecular formula is C17H25N. The van der Waals surface area contributed by atoms with Crippen LogP contribution < -0.4 is 0 Å². The maximum Gasteiger partial charge on any atom is 0.00953 e. The van der Waals surface area contributed by atoms with Crippen LogP contribution in [0, 0.1) is 6.92 Å². The predicted octanol–water partition coefficient (Wildman–Crippen LogP) is 3.73. The van der Waals surface area contributed by atoms with Crippen LogP contribution in [0.5, 0.6) is 0 Å². The minimum atomic E-state index is 0.899. The van der Waals surface area contributed by atoms with Gasteiger partial charge in [-0.2, -0.15) is 0 Å². The summed E-state index contributed by atoms with van der Waals surface area (Å²) >= 11 is 0. The third-order valence-electron chi connectivity index (χ3n) is 4.76. The summed E-state index contributed by atoms with van der Waals surface area (Å²) in [6.45, 7) is 4.81. The van der Waals surface area contributed by atoms with E-state index in [4.69, 9.17) is 0 Å². The van der Waals surface area contributed by atoms with Crippen LogP contribution in [-0.4, -0.2) is 24.0 Å². The molecule has 0 unspecified atom stereocenters. The fourth-order valence-electron chi connectivity index (χ4n) is 3.71. The first-order valence-corrected chi connectivity index (χ1v) is 7.65. The van der Waals surface area contributed by atoms with E-state index in [0.717, 1.165) is 6.04 Å². The monoisotopic (exact) mass is 243 g/mol. The first-order chi connectivity index (χ1) is 8.83. The van der Waals surface area contributed by atoms with Crippen LogP contribution in [0.3, 0.4) is 0 Å². The number of nitrogens with zero attached hydrogens (tertiary/aromatic N) is 1.